The first kappa shape index (κ1) is 28.5. The molecule has 2 aliphatic rings. The van der Waals surface area contributed by atoms with E-state index < -0.39 is 5.97 Å². The molecule has 40 heavy (non-hydrogen) atoms. The van der Waals surface area contributed by atoms with Crippen LogP contribution < -0.4 is 27.1 Å². The van der Waals surface area contributed by atoms with Gasteiger partial charge in [0.15, 0.2) is 10.5 Å². The minimum Gasteiger partial charge on any atom is -0.508 e. The van der Waals surface area contributed by atoms with Gasteiger partial charge in [-0.2, -0.15) is 0 Å². The minimum absolute atomic E-state index is 0.00353. The highest BCUT2D eigenvalue weighted by Gasteiger charge is 2.22. The summed E-state index contributed by atoms with van der Waals surface area (Å²) >= 11 is 5.36. The number of rotatable bonds is 10. The van der Waals surface area contributed by atoms with Gasteiger partial charge in [0.05, 0.1) is 12.1 Å². The minimum atomic E-state index is -1.16. The van der Waals surface area contributed by atoms with Crippen molar-refractivity contribution in [3.05, 3.63) is 70.4 Å². The second-order valence-electron chi connectivity index (χ2n) is 9.04. The first-order valence-electron chi connectivity index (χ1n) is 12.4. The van der Waals surface area contributed by atoms with Gasteiger partial charge >= 0.3 is 5.97 Å². The number of phenolic OH excluding ortho intramolecular Hbond substituents is 1. The maximum atomic E-state index is 12.4. The SMILES string of the molecule is CN(CCNC(=S)Nc1ccc(-c2c3ccc(=O)cc-3oc3cc(O)ccc23)c(C(=O)O)c1)C(=O)CNCCN. The molecule has 0 saturated carbocycles. The van der Waals surface area contributed by atoms with Crippen LogP contribution in [0.2, 0.25) is 0 Å². The third-order valence-corrected chi connectivity index (χ3v) is 6.46. The van der Waals surface area contributed by atoms with Crippen LogP contribution in [0.4, 0.5) is 5.69 Å². The molecule has 11 nitrogen and oxygen atoms in total. The lowest BCUT2D eigenvalue weighted by molar-refractivity contribution is -0.128. The van der Waals surface area contributed by atoms with Crippen molar-refractivity contribution in [2.45, 2.75) is 0 Å². The van der Waals surface area contributed by atoms with Crippen LogP contribution in [-0.2, 0) is 4.79 Å². The fourth-order valence-electron chi connectivity index (χ4n) is 4.24. The maximum Gasteiger partial charge on any atom is 0.336 e. The van der Waals surface area contributed by atoms with E-state index >= 15 is 0 Å². The molecule has 0 saturated heterocycles. The molecule has 12 heteroatoms. The van der Waals surface area contributed by atoms with Crippen molar-refractivity contribution in [2.75, 3.05) is 45.1 Å². The fraction of sp³-hybridized carbons (Fsp3) is 0.214. The van der Waals surface area contributed by atoms with Crippen molar-refractivity contribution >= 4 is 45.9 Å². The Morgan fingerprint density at radius 1 is 1.05 bits per heavy atom. The van der Waals surface area contributed by atoms with E-state index in [1.165, 1.54) is 30.3 Å². The number of hydrogen-bond acceptors (Lipinski definition) is 8. The van der Waals surface area contributed by atoms with Gasteiger partial charge in [0.25, 0.3) is 0 Å². The quantitative estimate of drug-likeness (QED) is 0.0950. The standard InChI is InChI=1S/C28H29N5O6S/c1-33(25(36)15-30-9-8-29)11-10-31-28(40)32-16-2-5-19(22(12-16)27(37)38)26-20-6-3-17(34)13-23(20)39-24-14-18(35)4-7-21(24)26/h2-7,12-14,30,34H,8-11,15,29H2,1H3,(H,37,38)(H2,31,32,40). The Hall–Kier alpha value is -4.52. The third-order valence-electron chi connectivity index (χ3n) is 6.21. The number of carboxylic acids is 1. The van der Waals surface area contributed by atoms with Crippen LogP contribution in [0.5, 0.6) is 5.75 Å². The predicted molar refractivity (Wildman–Crippen MR) is 157 cm³/mol. The Morgan fingerprint density at radius 3 is 2.58 bits per heavy atom. The average Bonchev–Trinajstić information content (AvgIpc) is 2.91. The molecule has 1 aliphatic heterocycles. The highest BCUT2D eigenvalue weighted by molar-refractivity contribution is 7.80. The van der Waals surface area contributed by atoms with Crippen molar-refractivity contribution < 1.29 is 24.2 Å². The molecule has 0 unspecified atom stereocenters. The van der Waals surface area contributed by atoms with Gasteiger partial charge in [-0.3, -0.25) is 9.59 Å². The lowest BCUT2D eigenvalue weighted by atomic mass is 9.90. The summed E-state index contributed by atoms with van der Waals surface area (Å²) in [6, 6.07) is 13.7. The molecule has 2 aromatic rings. The Balaban J connectivity index is 1.57. The number of amides is 1. The topological polar surface area (TPSA) is 170 Å². The van der Waals surface area contributed by atoms with Crippen molar-refractivity contribution in [1.29, 1.82) is 0 Å². The molecule has 0 bridgehead atoms. The van der Waals surface area contributed by atoms with Gasteiger partial charge in [-0.1, -0.05) is 6.07 Å². The van der Waals surface area contributed by atoms with Gasteiger partial charge in [0.1, 0.15) is 17.1 Å². The Bertz CT molecular complexity index is 1600. The number of carbonyl (C=O) groups excluding carboxylic acids is 1. The normalized spacial score (nSPS) is 10.9. The van der Waals surface area contributed by atoms with Gasteiger partial charge in [-0.05, 0) is 54.2 Å². The summed E-state index contributed by atoms with van der Waals surface area (Å²) in [5.74, 6) is -1.01. The Labute approximate surface area is 234 Å². The van der Waals surface area contributed by atoms with Gasteiger partial charge in [-0.15, -0.1) is 0 Å². The second-order valence-corrected chi connectivity index (χ2v) is 9.45. The van der Waals surface area contributed by atoms with Gasteiger partial charge in [0, 0.05) is 67.6 Å². The largest absolute Gasteiger partial charge is 0.508 e. The summed E-state index contributed by atoms with van der Waals surface area (Å²) in [5.41, 5.74) is 7.39. The molecule has 1 amide bonds. The second kappa shape index (κ2) is 12.6. The number of anilines is 1. The number of aromatic hydroxyl groups is 1. The molecule has 0 fully saturated rings. The number of nitrogens with two attached hydrogens (primary N) is 1. The van der Waals surface area contributed by atoms with E-state index in [1.54, 1.807) is 36.2 Å². The number of nitrogens with zero attached hydrogens (tertiary/aromatic N) is 1. The summed E-state index contributed by atoms with van der Waals surface area (Å²) in [7, 11) is 1.69. The molecule has 7 N–H and O–H groups in total. The Morgan fingerprint density at radius 2 is 1.82 bits per heavy atom. The predicted octanol–water partition coefficient (Wildman–Crippen LogP) is 2.26. The van der Waals surface area contributed by atoms with Crippen LogP contribution in [0, 0.1) is 0 Å². The number of carbonyl (C=O) groups is 2. The van der Waals surface area contributed by atoms with Gasteiger partial charge in [0.2, 0.25) is 5.91 Å². The monoisotopic (exact) mass is 563 g/mol. The van der Waals surface area contributed by atoms with Crippen molar-refractivity contribution in [1.82, 2.24) is 15.5 Å². The lowest BCUT2D eigenvalue weighted by Gasteiger charge is -2.19. The zero-order valence-corrected chi connectivity index (χ0v) is 22.5. The number of hydrogen-bond donors (Lipinski definition) is 6. The Kier molecular flexibility index (Phi) is 8.94. The van der Waals surface area contributed by atoms with Crippen LogP contribution in [0.1, 0.15) is 10.4 Å². The van der Waals surface area contributed by atoms with Gasteiger partial charge in [-0.25, -0.2) is 4.79 Å². The van der Waals surface area contributed by atoms with E-state index in [-0.39, 0.29) is 40.1 Å². The van der Waals surface area contributed by atoms with E-state index in [0.29, 0.717) is 59.5 Å². The number of nitrogens with one attached hydrogen (secondary N) is 3. The van der Waals surface area contributed by atoms with Crippen LogP contribution >= 0.6 is 12.2 Å². The zero-order valence-electron chi connectivity index (χ0n) is 21.7. The number of benzene rings is 3. The molecular weight excluding hydrogens is 534 g/mol. The number of thiocarbonyl (C=S) groups is 1. The molecular formula is C28H29N5O6S. The number of likely N-dealkylation sites (N-methyl/N-ethyl adjacent to an activating group) is 1. The molecule has 208 valence electrons. The zero-order chi connectivity index (χ0) is 28.8. The maximum absolute atomic E-state index is 12.4. The van der Waals surface area contributed by atoms with E-state index in [2.05, 4.69) is 16.0 Å². The summed E-state index contributed by atoms with van der Waals surface area (Å²) in [4.78, 5) is 38.0. The van der Waals surface area contributed by atoms with Crippen molar-refractivity contribution in [2.24, 2.45) is 5.73 Å². The van der Waals surface area contributed by atoms with E-state index in [9.17, 15) is 24.6 Å². The van der Waals surface area contributed by atoms with Crippen molar-refractivity contribution in [3.8, 4) is 28.2 Å². The van der Waals surface area contributed by atoms with Crippen LogP contribution in [0.3, 0.4) is 0 Å². The average molecular weight is 564 g/mol. The molecule has 0 radical (unpaired) electrons. The molecule has 0 aromatic heterocycles. The van der Waals surface area contributed by atoms with E-state index in [1.807, 2.05) is 0 Å². The molecule has 1 aliphatic carbocycles. The fourth-order valence-corrected chi connectivity index (χ4v) is 4.46. The molecule has 4 rings (SSSR count). The van der Waals surface area contributed by atoms with Crippen LogP contribution in [-0.4, -0.2) is 71.9 Å². The van der Waals surface area contributed by atoms with Crippen LogP contribution in [0.25, 0.3) is 33.4 Å². The van der Waals surface area contributed by atoms with E-state index in [0.717, 1.165) is 0 Å². The van der Waals surface area contributed by atoms with Crippen molar-refractivity contribution in [3.63, 3.8) is 0 Å². The molecule has 1 heterocycles. The number of phenols is 1. The summed E-state index contributed by atoms with van der Waals surface area (Å²) in [5, 5.41) is 29.9. The third kappa shape index (κ3) is 6.54. The number of carboxylic acid groups (broad SMARTS) is 1. The highest BCUT2D eigenvalue weighted by Crippen LogP contribution is 2.42. The summed E-state index contributed by atoms with van der Waals surface area (Å²) < 4.78 is 5.86. The highest BCUT2D eigenvalue weighted by atomic mass is 32.1. The first-order valence-corrected chi connectivity index (χ1v) is 12.9. The molecule has 0 spiro atoms. The smallest absolute Gasteiger partial charge is 0.336 e. The first-order chi connectivity index (χ1) is 19.2. The summed E-state index contributed by atoms with van der Waals surface area (Å²) in [6.45, 7) is 1.99. The van der Waals surface area contributed by atoms with Crippen LogP contribution in [0.15, 0.2) is 63.8 Å². The summed E-state index contributed by atoms with van der Waals surface area (Å²) in [6.07, 6.45) is 0. The molecule has 0 atom stereocenters. The number of fused-ring (bicyclic) bond motifs is 2. The number of aromatic carboxylic acids is 1. The molecule has 2 aromatic carbocycles. The van der Waals surface area contributed by atoms with Gasteiger partial charge < -0.3 is 41.2 Å². The lowest BCUT2D eigenvalue weighted by Crippen LogP contribution is -2.41. The van der Waals surface area contributed by atoms with E-state index in [4.69, 9.17) is 22.4 Å².